The Hall–Kier alpha value is -3.52. The van der Waals surface area contributed by atoms with Crippen molar-refractivity contribution in [2.24, 2.45) is 5.92 Å². The molecule has 1 aliphatic heterocycles. The molecule has 0 unspecified atom stereocenters. The van der Waals surface area contributed by atoms with Crippen molar-refractivity contribution in [3.63, 3.8) is 0 Å². The molecule has 0 aliphatic carbocycles. The standard InChI is InChI=1S/C28H34N6O2/c1-28(2,3)34-26(30-31-32-34)25(23-18-21-17-22(36-4)10-11-24(21)29-27(23)35)33-14-12-20(13-15-33)16-19-8-6-5-7-9-19/h5-11,17-18,20,25H,12-16H2,1-4H3,(H,29,35)/t25-/m1/s1. The van der Waals surface area contributed by atoms with Crippen molar-refractivity contribution in [2.75, 3.05) is 20.2 Å². The summed E-state index contributed by atoms with van der Waals surface area (Å²) in [6.07, 6.45) is 3.19. The molecule has 36 heavy (non-hydrogen) atoms. The van der Waals surface area contributed by atoms with Gasteiger partial charge in [0.2, 0.25) is 0 Å². The molecule has 0 bridgehead atoms. The van der Waals surface area contributed by atoms with Crippen LogP contribution in [0.15, 0.2) is 59.4 Å². The molecule has 2 aromatic heterocycles. The third-order valence-corrected chi connectivity index (χ3v) is 7.13. The Kier molecular flexibility index (Phi) is 6.62. The number of aromatic amines is 1. The second kappa shape index (κ2) is 9.85. The molecule has 5 rings (SSSR count). The fourth-order valence-corrected chi connectivity index (χ4v) is 5.24. The smallest absolute Gasteiger partial charge is 0.253 e. The van der Waals surface area contributed by atoms with Gasteiger partial charge in [-0.1, -0.05) is 30.3 Å². The molecule has 1 atom stereocenters. The van der Waals surface area contributed by atoms with Gasteiger partial charge in [-0.2, -0.15) is 0 Å². The second-order valence-electron chi connectivity index (χ2n) is 10.7. The Morgan fingerprint density at radius 3 is 2.53 bits per heavy atom. The number of H-pyrrole nitrogens is 1. The molecule has 188 valence electrons. The lowest BCUT2D eigenvalue weighted by atomic mass is 9.88. The first-order valence-corrected chi connectivity index (χ1v) is 12.6. The van der Waals surface area contributed by atoms with Crippen LogP contribution in [0.2, 0.25) is 0 Å². The van der Waals surface area contributed by atoms with Crippen LogP contribution in [-0.2, 0) is 12.0 Å². The van der Waals surface area contributed by atoms with Crippen LogP contribution in [0.4, 0.5) is 0 Å². The number of hydrogen-bond donors (Lipinski definition) is 1. The van der Waals surface area contributed by atoms with Crippen molar-refractivity contribution < 1.29 is 4.74 Å². The summed E-state index contributed by atoms with van der Waals surface area (Å²) in [6.45, 7) is 7.96. The van der Waals surface area contributed by atoms with Crippen molar-refractivity contribution in [1.82, 2.24) is 30.1 Å². The van der Waals surface area contributed by atoms with Gasteiger partial charge < -0.3 is 9.72 Å². The quantitative estimate of drug-likeness (QED) is 0.437. The van der Waals surface area contributed by atoms with E-state index < -0.39 is 0 Å². The lowest BCUT2D eigenvalue weighted by molar-refractivity contribution is 0.138. The van der Waals surface area contributed by atoms with Crippen molar-refractivity contribution in [1.29, 1.82) is 0 Å². The second-order valence-corrected chi connectivity index (χ2v) is 10.7. The van der Waals surface area contributed by atoms with Gasteiger partial charge in [-0.05, 0) is 99.3 Å². The maximum Gasteiger partial charge on any atom is 0.253 e. The van der Waals surface area contributed by atoms with Gasteiger partial charge in [0.1, 0.15) is 11.8 Å². The van der Waals surface area contributed by atoms with Gasteiger partial charge in [-0.3, -0.25) is 9.69 Å². The zero-order valence-corrected chi connectivity index (χ0v) is 21.4. The normalized spacial score (nSPS) is 16.3. The number of piperidine rings is 1. The number of tetrazole rings is 1. The van der Waals surface area contributed by atoms with Crippen LogP contribution in [0, 0.1) is 5.92 Å². The molecular formula is C28H34N6O2. The fourth-order valence-electron chi connectivity index (χ4n) is 5.24. The van der Waals surface area contributed by atoms with Gasteiger partial charge in [0.15, 0.2) is 5.82 Å². The average molecular weight is 487 g/mol. The number of methoxy groups -OCH3 is 1. The number of likely N-dealkylation sites (tertiary alicyclic amines) is 1. The molecule has 0 saturated carbocycles. The number of ether oxygens (including phenoxy) is 1. The van der Waals surface area contributed by atoms with E-state index in [4.69, 9.17) is 4.74 Å². The van der Waals surface area contributed by atoms with E-state index in [1.807, 2.05) is 28.9 Å². The van der Waals surface area contributed by atoms with E-state index in [0.29, 0.717) is 17.3 Å². The first kappa shape index (κ1) is 24.2. The van der Waals surface area contributed by atoms with Crippen molar-refractivity contribution >= 4 is 10.9 Å². The number of aromatic nitrogens is 5. The Bertz CT molecular complexity index is 1380. The minimum atomic E-state index is -0.351. The molecule has 0 amide bonds. The maximum absolute atomic E-state index is 13.4. The maximum atomic E-state index is 13.4. The van der Waals surface area contributed by atoms with E-state index in [9.17, 15) is 4.79 Å². The number of pyridine rings is 1. The number of benzene rings is 2. The third-order valence-electron chi connectivity index (χ3n) is 7.13. The summed E-state index contributed by atoms with van der Waals surface area (Å²) >= 11 is 0. The van der Waals surface area contributed by atoms with Crippen LogP contribution < -0.4 is 10.3 Å². The van der Waals surface area contributed by atoms with Crippen LogP contribution in [0.3, 0.4) is 0 Å². The van der Waals surface area contributed by atoms with Gasteiger partial charge in [0.05, 0.1) is 12.6 Å². The highest BCUT2D eigenvalue weighted by molar-refractivity contribution is 5.80. The Morgan fingerprint density at radius 2 is 1.83 bits per heavy atom. The Balaban J connectivity index is 1.52. The SMILES string of the molecule is COc1ccc2[nH]c(=O)c([C@H](c3nnnn3C(C)(C)C)N3CCC(Cc4ccccc4)CC3)cc2c1. The Morgan fingerprint density at radius 1 is 1.08 bits per heavy atom. The molecule has 8 heteroatoms. The lowest BCUT2D eigenvalue weighted by Crippen LogP contribution is -2.42. The molecule has 1 aliphatic rings. The summed E-state index contributed by atoms with van der Waals surface area (Å²) in [5.74, 6) is 2.05. The van der Waals surface area contributed by atoms with Crippen LogP contribution in [0.1, 0.15) is 56.6 Å². The van der Waals surface area contributed by atoms with E-state index in [-0.39, 0.29) is 17.1 Å². The van der Waals surface area contributed by atoms with Crippen molar-refractivity contribution in [3.05, 3.63) is 81.9 Å². The van der Waals surface area contributed by atoms with Crippen LogP contribution >= 0.6 is 0 Å². The molecule has 4 aromatic rings. The minimum absolute atomic E-state index is 0.118. The molecule has 3 heterocycles. The zero-order chi connectivity index (χ0) is 25.3. The minimum Gasteiger partial charge on any atom is -0.497 e. The summed E-state index contributed by atoms with van der Waals surface area (Å²) < 4.78 is 7.28. The van der Waals surface area contributed by atoms with Gasteiger partial charge in [0, 0.05) is 16.5 Å². The zero-order valence-electron chi connectivity index (χ0n) is 21.4. The largest absolute Gasteiger partial charge is 0.497 e. The molecule has 0 spiro atoms. The Labute approximate surface area is 211 Å². The van der Waals surface area contributed by atoms with Crippen LogP contribution in [0.25, 0.3) is 10.9 Å². The van der Waals surface area contributed by atoms with E-state index in [2.05, 4.69) is 76.5 Å². The first-order valence-electron chi connectivity index (χ1n) is 12.6. The third kappa shape index (κ3) is 4.91. The molecule has 2 aromatic carbocycles. The number of fused-ring (bicyclic) bond motifs is 1. The predicted octanol–water partition coefficient (Wildman–Crippen LogP) is 4.32. The molecule has 1 fully saturated rings. The van der Waals surface area contributed by atoms with Gasteiger partial charge in [-0.15, -0.1) is 5.10 Å². The predicted molar refractivity (Wildman–Crippen MR) is 140 cm³/mol. The monoisotopic (exact) mass is 486 g/mol. The van der Waals surface area contributed by atoms with E-state index in [1.165, 1.54) is 5.56 Å². The van der Waals surface area contributed by atoms with E-state index in [1.54, 1.807) is 7.11 Å². The first-order chi connectivity index (χ1) is 17.3. The van der Waals surface area contributed by atoms with Gasteiger partial charge in [-0.25, -0.2) is 4.68 Å². The summed E-state index contributed by atoms with van der Waals surface area (Å²) in [4.78, 5) is 18.9. The summed E-state index contributed by atoms with van der Waals surface area (Å²) in [5, 5.41) is 13.7. The summed E-state index contributed by atoms with van der Waals surface area (Å²) in [7, 11) is 1.65. The lowest BCUT2D eigenvalue weighted by Gasteiger charge is -2.37. The van der Waals surface area contributed by atoms with Gasteiger partial charge >= 0.3 is 0 Å². The topological polar surface area (TPSA) is 88.9 Å². The van der Waals surface area contributed by atoms with E-state index in [0.717, 1.165) is 49.0 Å². The number of nitrogens with one attached hydrogen (secondary N) is 1. The number of hydrogen-bond acceptors (Lipinski definition) is 6. The van der Waals surface area contributed by atoms with Crippen LogP contribution in [0.5, 0.6) is 5.75 Å². The number of nitrogens with zero attached hydrogens (tertiary/aromatic N) is 5. The molecule has 1 saturated heterocycles. The van der Waals surface area contributed by atoms with Crippen molar-refractivity contribution in [2.45, 2.75) is 51.6 Å². The number of rotatable bonds is 6. The summed E-state index contributed by atoms with van der Waals surface area (Å²) in [6, 6.07) is 18.0. The fraction of sp³-hybridized carbons (Fsp3) is 0.429. The van der Waals surface area contributed by atoms with Gasteiger partial charge in [0.25, 0.3) is 5.56 Å². The highest BCUT2D eigenvalue weighted by Gasteiger charge is 2.35. The molecule has 1 N–H and O–H groups in total. The highest BCUT2D eigenvalue weighted by atomic mass is 16.5. The summed E-state index contributed by atoms with van der Waals surface area (Å²) in [5.41, 5.74) is 2.37. The molecule has 0 radical (unpaired) electrons. The highest BCUT2D eigenvalue weighted by Crippen LogP contribution is 2.33. The van der Waals surface area contributed by atoms with Crippen LogP contribution in [-0.4, -0.2) is 50.3 Å². The average Bonchev–Trinajstić information content (AvgIpc) is 3.36. The molecular weight excluding hydrogens is 452 g/mol. The molecule has 8 nitrogen and oxygen atoms in total. The van der Waals surface area contributed by atoms with E-state index >= 15 is 0 Å². The van der Waals surface area contributed by atoms with Crippen molar-refractivity contribution in [3.8, 4) is 5.75 Å².